The third-order valence-corrected chi connectivity index (χ3v) is 5.35. The molecule has 138 valence electrons. The molecule has 0 bridgehead atoms. The lowest BCUT2D eigenvalue weighted by molar-refractivity contribution is 0.180. The van der Waals surface area contributed by atoms with Gasteiger partial charge in [-0.2, -0.15) is 0 Å². The Morgan fingerprint density at radius 1 is 1.04 bits per heavy atom. The van der Waals surface area contributed by atoms with Crippen LogP contribution in [0.5, 0.6) is 0 Å². The van der Waals surface area contributed by atoms with Crippen LogP contribution < -0.4 is 5.32 Å². The number of carbonyl (C=O) groups is 1. The van der Waals surface area contributed by atoms with Crippen LogP contribution >= 0.6 is 0 Å². The number of hydrogen-bond acceptors (Lipinski definition) is 1. The number of aryl methyl sites for hydroxylation is 1. The van der Waals surface area contributed by atoms with Gasteiger partial charge >= 0.3 is 6.03 Å². The van der Waals surface area contributed by atoms with Gasteiger partial charge in [-0.25, -0.2) is 9.18 Å². The molecule has 3 aromatic rings. The normalized spacial score (nSPS) is 16.1. The van der Waals surface area contributed by atoms with E-state index in [1.54, 1.807) is 23.1 Å². The van der Waals surface area contributed by atoms with Crippen molar-refractivity contribution in [1.82, 2.24) is 9.47 Å². The van der Waals surface area contributed by atoms with Crippen molar-refractivity contribution in [1.29, 1.82) is 0 Å². The molecular formula is C22H22FN3O. The van der Waals surface area contributed by atoms with Crippen LogP contribution in [0.4, 0.5) is 14.9 Å². The van der Waals surface area contributed by atoms with E-state index in [2.05, 4.69) is 9.88 Å². The minimum absolute atomic E-state index is 0.218. The first-order valence-corrected chi connectivity index (χ1v) is 9.09. The Balaban J connectivity index is 1.71. The molecule has 1 aliphatic rings. The summed E-state index contributed by atoms with van der Waals surface area (Å²) in [5, 5.41) is 3.02. The third kappa shape index (κ3) is 3.10. The van der Waals surface area contributed by atoms with Crippen LogP contribution in [0.3, 0.4) is 0 Å². The molecule has 0 radical (unpaired) electrons. The van der Waals surface area contributed by atoms with Gasteiger partial charge in [-0.15, -0.1) is 0 Å². The first-order valence-electron chi connectivity index (χ1n) is 9.09. The van der Waals surface area contributed by atoms with Crippen molar-refractivity contribution in [2.75, 3.05) is 11.9 Å². The van der Waals surface area contributed by atoms with Crippen molar-refractivity contribution in [2.24, 2.45) is 0 Å². The molecule has 27 heavy (non-hydrogen) atoms. The second-order valence-corrected chi connectivity index (χ2v) is 6.92. The Hall–Kier alpha value is -3.08. The largest absolute Gasteiger partial charge is 0.348 e. The Labute approximate surface area is 158 Å². The highest BCUT2D eigenvalue weighted by Crippen LogP contribution is 2.34. The van der Waals surface area contributed by atoms with E-state index in [4.69, 9.17) is 0 Å². The van der Waals surface area contributed by atoms with E-state index in [-0.39, 0.29) is 11.8 Å². The van der Waals surface area contributed by atoms with Crippen LogP contribution in [-0.2, 0) is 6.54 Å². The van der Waals surface area contributed by atoms with Gasteiger partial charge in [0.1, 0.15) is 11.9 Å². The highest BCUT2D eigenvalue weighted by molar-refractivity contribution is 5.91. The molecule has 4 nitrogen and oxygen atoms in total. The number of nitrogens with zero attached hydrogens (tertiary/aromatic N) is 2. The number of urea groups is 1. The number of fused-ring (bicyclic) bond motifs is 1. The minimum atomic E-state index is -0.458. The number of amides is 2. The average Bonchev–Trinajstić information content (AvgIpc) is 3.14. The van der Waals surface area contributed by atoms with Gasteiger partial charge < -0.3 is 14.8 Å². The molecule has 2 heterocycles. The van der Waals surface area contributed by atoms with E-state index in [0.717, 1.165) is 22.5 Å². The summed E-state index contributed by atoms with van der Waals surface area (Å²) >= 11 is 0. The standard InChI is InChI=1S/C22H22FN3O/c1-15-7-5-10-19(16(15)2)24-22(27)26-14-13-25-12-6-11-20(25)21(26)17-8-3-4-9-18(17)23/h3-12,21H,13-14H2,1-2H3,(H,24,27)/t21-/m1/s1. The zero-order valence-electron chi connectivity index (χ0n) is 15.4. The van der Waals surface area contributed by atoms with E-state index in [1.165, 1.54) is 6.07 Å². The van der Waals surface area contributed by atoms with Gasteiger partial charge in [-0.05, 0) is 49.2 Å². The van der Waals surface area contributed by atoms with Gasteiger partial charge in [-0.1, -0.05) is 30.3 Å². The van der Waals surface area contributed by atoms with Gasteiger partial charge in [0, 0.05) is 36.2 Å². The minimum Gasteiger partial charge on any atom is -0.348 e. The van der Waals surface area contributed by atoms with Crippen LogP contribution in [0, 0.1) is 19.7 Å². The van der Waals surface area contributed by atoms with Crippen LogP contribution in [0.15, 0.2) is 60.8 Å². The molecular weight excluding hydrogens is 341 g/mol. The fourth-order valence-electron chi connectivity index (χ4n) is 3.70. The SMILES string of the molecule is Cc1cccc(NC(=O)N2CCn3cccc3[C@H]2c2ccccc2F)c1C. The van der Waals surface area contributed by atoms with Crippen LogP contribution in [0.25, 0.3) is 0 Å². The van der Waals surface area contributed by atoms with Crippen molar-refractivity contribution in [3.8, 4) is 0 Å². The summed E-state index contributed by atoms with van der Waals surface area (Å²) in [7, 11) is 0. The summed E-state index contributed by atoms with van der Waals surface area (Å²) in [6.07, 6.45) is 1.98. The first kappa shape index (κ1) is 17.3. The Bertz CT molecular complexity index is 995. The Morgan fingerprint density at radius 2 is 1.85 bits per heavy atom. The van der Waals surface area contributed by atoms with Crippen LogP contribution in [0.1, 0.15) is 28.4 Å². The maximum Gasteiger partial charge on any atom is 0.322 e. The van der Waals surface area contributed by atoms with E-state index < -0.39 is 6.04 Å². The average molecular weight is 363 g/mol. The highest BCUT2D eigenvalue weighted by Gasteiger charge is 2.33. The zero-order chi connectivity index (χ0) is 19.0. The van der Waals surface area contributed by atoms with Crippen LogP contribution in [0.2, 0.25) is 0 Å². The van der Waals surface area contributed by atoms with Gasteiger partial charge in [0.2, 0.25) is 0 Å². The number of nitrogens with one attached hydrogen (secondary N) is 1. The molecule has 2 aromatic carbocycles. The molecule has 0 saturated carbocycles. The second-order valence-electron chi connectivity index (χ2n) is 6.92. The predicted octanol–water partition coefficient (Wildman–Crippen LogP) is 4.88. The van der Waals surface area contributed by atoms with Crippen molar-refractivity contribution < 1.29 is 9.18 Å². The first-order chi connectivity index (χ1) is 13.1. The van der Waals surface area contributed by atoms with E-state index in [0.29, 0.717) is 18.7 Å². The fourth-order valence-corrected chi connectivity index (χ4v) is 3.70. The Kier molecular flexibility index (Phi) is 4.44. The highest BCUT2D eigenvalue weighted by atomic mass is 19.1. The molecule has 5 heteroatoms. The Morgan fingerprint density at radius 3 is 2.67 bits per heavy atom. The van der Waals surface area contributed by atoms with Gasteiger partial charge in [0.25, 0.3) is 0 Å². The molecule has 0 spiro atoms. The third-order valence-electron chi connectivity index (χ3n) is 5.35. The molecule has 0 saturated heterocycles. The maximum absolute atomic E-state index is 14.6. The van der Waals surface area contributed by atoms with Crippen molar-refractivity contribution in [3.63, 3.8) is 0 Å². The molecule has 1 atom stereocenters. The summed E-state index contributed by atoms with van der Waals surface area (Å²) in [4.78, 5) is 14.9. The van der Waals surface area contributed by atoms with E-state index in [9.17, 15) is 9.18 Å². The van der Waals surface area contributed by atoms with E-state index >= 15 is 0 Å². The van der Waals surface area contributed by atoms with Gasteiger partial charge in [-0.3, -0.25) is 0 Å². The molecule has 0 fully saturated rings. The quantitative estimate of drug-likeness (QED) is 0.692. The van der Waals surface area contributed by atoms with Gasteiger partial charge in [0.05, 0.1) is 0 Å². The lowest BCUT2D eigenvalue weighted by Crippen LogP contribution is -2.44. The fraction of sp³-hybridized carbons (Fsp3) is 0.227. The van der Waals surface area contributed by atoms with Crippen molar-refractivity contribution in [3.05, 3.63) is 89.0 Å². The summed E-state index contributed by atoms with van der Waals surface area (Å²) in [6, 6.07) is 15.7. The molecule has 0 aliphatic carbocycles. The predicted molar refractivity (Wildman–Crippen MR) is 104 cm³/mol. The lowest BCUT2D eigenvalue weighted by atomic mass is 9.99. The molecule has 1 N–H and O–H groups in total. The topological polar surface area (TPSA) is 37.3 Å². The smallest absolute Gasteiger partial charge is 0.322 e. The summed E-state index contributed by atoms with van der Waals surface area (Å²) < 4.78 is 16.7. The number of aromatic nitrogens is 1. The number of carbonyl (C=O) groups excluding carboxylic acids is 1. The monoisotopic (exact) mass is 363 g/mol. The molecule has 0 unspecified atom stereocenters. The summed E-state index contributed by atoms with van der Waals surface area (Å²) in [5.74, 6) is -0.304. The van der Waals surface area contributed by atoms with Crippen LogP contribution in [-0.4, -0.2) is 22.0 Å². The van der Waals surface area contributed by atoms with Crippen molar-refractivity contribution in [2.45, 2.75) is 26.4 Å². The molecule has 4 rings (SSSR count). The molecule has 1 aromatic heterocycles. The summed E-state index contributed by atoms with van der Waals surface area (Å²) in [6.45, 7) is 5.20. The lowest BCUT2D eigenvalue weighted by Gasteiger charge is -2.37. The molecule has 2 amide bonds. The number of benzene rings is 2. The maximum atomic E-state index is 14.6. The number of hydrogen-bond donors (Lipinski definition) is 1. The summed E-state index contributed by atoms with van der Waals surface area (Å²) in [5.41, 5.74) is 4.36. The second kappa shape index (κ2) is 6.91. The van der Waals surface area contributed by atoms with Crippen molar-refractivity contribution >= 4 is 11.7 Å². The van der Waals surface area contributed by atoms with E-state index in [1.807, 2.05) is 50.4 Å². The number of halogens is 1. The molecule has 1 aliphatic heterocycles. The number of anilines is 1. The zero-order valence-corrected chi connectivity index (χ0v) is 15.4. The number of rotatable bonds is 2. The van der Waals surface area contributed by atoms with Gasteiger partial charge in [0.15, 0.2) is 0 Å².